The number of nitro groups is 1. The molecule has 3 aromatic carbocycles. The maximum absolute atomic E-state index is 12.8. The summed E-state index contributed by atoms with van der Waals surface area (Å²) in [7, 11) is -4.13. The third kappa shape index (κ3) is 4.41. The highest BCUT2D eigenvalue weighted by Gasteiger charge is 2.24. The van der Waals surface area contributed by atoms with Crippen LogP contribution in [0.25, 0.3) is 22.3 Å². The van der Waals surface area contributed by atoms with E-state index in [0.717, 1.165) is 6.07 Å². The minimum atomic E-state index is -4.13. The van der Waals surface area contributed by atoms with Crippen LogP contribution in [0.15, 0.2) is 82.1 Å². The van der Waals surface area contributed by atoms with Gasteiger partial charge >= 0.3 is 5.97 Å². The van der Waals surface area contributed by atoms with Crippen molar-refractivity contribution >= 4 is 38.3 Å². The molecule has 0 atom stereocenters. The molecule has 0 aliphatic rings. The topological polar surface area (TPSA) is 129 Å². The second kappa shape index (κ2) is 8.75. The number of non-ortho nitro benzene ring substituents is 1. The van der Waals surface area contributed by atoms with Crippen molar-refractivity contribution in [2.45, 2.75) is 11.8 Å². The van der Waals surface area contributed by atoms with E-state index in [1.54, 1.807) is 31.2 Å². The van der Waals surface area contributed by atoms with Gasteiger partial charge in [0.05, 0.1) is 16.4 Å². The molecule has 0 fully saturated rings. The van der Waals surface area contributed by atoms with E-state index in [1.807, 2.05) is 6.07 Å². The average Bonchev–Trinajstić information content (AvgIpc) is 3.18. The zero-order chi connectivity index (χ0) is 23.6. The number of sulfonamides is 1. The Morgan fingerprint density at radius 1 is 1.06 bits per heavy atom. The highest BCUT2D eigenvalue weighted by Crippen LogP contribution is 2.36. The number of nitrogens with zero attached hydrogens (tertiary/aromatic N) is 1. The quantitative estimate of drug-likeness (QED) is 0.231. The number of benzene rings is 3. The molecule has 0 spiro atoms. The SMILES string of the molecule is CCOC(=O)c1c(-c2ccccc2)oc2ccc(NS(=O)(=O)c3cccc([N+](=O)[O-])c3)cc12. The molecule has 1 aromatic heterocycles. The number of carbonyl (C=O) groups excluding carboxylic acids is 1. The molecule has 168 valence electrons. The Morgan fingerprint density at radius 3 is 2.52 bits per heavy atom. The van der Waals surface area contributed by atoms with E-state index in [1.165, 1.54) is 36.4 Å². The fourth-order valence-electron chi connectivity index (χ4n) is 3.34. The van der Waals surface area contributed by atoms with Gasteiger partial charge in [-0.25, -0.2) is 13.2 Å². The van der Waals surface area contributed by atoms with Crippen LogP contribution in [0.1, 0.15) is 17.3 Å². The van der Waals surface area contributed by atoms with Crippen molar-refractivity contribution in [1.29, 1.82) is 0 Å². The monoisotopic (exact) mass is 466 g/mol. The highest BCUT2D eigenvalue weighted by atomic mass is 32.2. The van der Waals surface area contributed by atoms with Crippen LogP contribution >= 0.6 is 0 Å². The van der Waals surface area contributed by atoms with Crippen molar-refractivity contribution in [2.75, 3.05) is 11.3 Å². The van der Waals surface area contributed by atoms with Crippen molar-refractivity contribution in [2.24, 2.45) is 0 Å². The first-order valence-electron chi connectivity index (χ1n) is 9.86. The fourth-order valence-corrected chi connectivity index (χ4v) is 4.43. The van der Waals surface area contributed by atoms with Gasteiger partial charge in [-0.3, -0.25) is 14.8 Å². The molecule has 10 heteroatoms. The summed E-state index contributed by atoms with van der Waals surface area (Å²) in [6.45, 7) is 1.83. The van der Waals surface area contributed by atoms with Gasteiger partial charge in [0.25, 0.3) is 15.7 Å². The number of nitro benzene ring substituents is 1. The molecule has 4 rings (SSSR count). The lowest BCUT2D eigenvalue weighted by molar-refractivity contribution is -0.385. The van der Waals surface area contributed by atoms with E-state index in [9.17, 15) is 23.3 Å². The number of esters is 1. The predicted octanol–water partition coefficient (Wildman–Crippen LogP) is 4.99. The highest BCUT2D eigenvalue weighted by molar-refractivity contribution is 7.92. The van der Waals surface area contributed by atoms with Crippen LogP contribution < -0.4 is 4.72 Å². The first kappa shape index (κ1) is 22.0. The zero-order valence-corrected chi connectivity index (χ0v) is 18.2. The Kier molecular flexibility index (Phi) is 5.84. The van der Waals surface area contributed by atoms with Crippen LogP contribution in [0.4, 0.5) is 11.4 Å². The molecule has 33 heavy (non-hydrogen) atoms. The number of nitrogens with one attached hydrogen (secondary N) is 1. The zero-order valence-electron chi connectivity index (χ0n) is 17.3. The smallest absolute Gasteiger partial charge is 0.342 e. The molecule has 0 amide bonds. The third-order valence-electron chi connectivity index (χ3n) is 4.79. The number of hydrogen-bond donors (Lipinski definition) is 1. The Labute approximate surface area is 188 Å². The molecule has 1 N–H and O–H groups in total. The molecule has 0 aliphatic carbocycles. The van der Waals surface area contributed by atoms with Gasteiger partial charge in [-0.1, -0.05) is 36.4 Å². The van der Waals surface area contributed by atoms with Gasteiger partial charge in [0.1, 0.15) is 16.9 Å². The molecule has 0 radical (unpaired) electrons. The first-order chi connectivity index (χ1) is 15.8. The van der Waals surface area contributed by atoms with E-state index in [0.29, 0.717) is 22.3 Å². The van der Waals surface area contributed by atoms with Crippen LogP contribution in [0, 0.1) is 10.1 Å². The maximum atomic E-state index is 12.8. The molecule has 0 unspecified atom stereocenters. The summed E-state index contributed by atoms with van der Waals surface area (Å²) in [5, 5.41) is 11.4. The van der Waals surface area contributed by atoms with Gasteiger partial charge in [-0.05, 0) is 31.2 Å². The Morgan fingerprint density at radius 2 is 1.82 bits per heavy atom. The van der Waals surface area contributed by atoms with Crippen LogP contribution in [-0.2, 0) is 14.8 Å². The summed E-state index contributed by atoms with van der Waals surface area (Å²) >= 11 is 0. The third-order valence-corrected chi connectivity index (χ3v) is 6.17. The lowest BCUT2D eigenvalue weighted by atomic mass is 10.1. The standard InChI is InChI=1S/C23H18N2O7S/c1-2-31-23(26)21-19-13-16(11-12-20(19)32-22(21)15-7-4-3-5-8-15)24-33(29,30)18-10-6-9-17(14-18)25(27)28/h3-14,24H,2H2,1H3. The first-order valence-corrected chi connectivity index (χ1v) is 11.3. The number of fused-ring (bicyclic) bond motifs is 1. The molecule has 4 aromatic rings. The summed E-state index contributed by atoms with van der Waals surface area (Å²) in [5.41, 5.74) is 1.01. The Bertz CT molecular complexity index is 1460. The van der Waals surface area contributed by atoms with Gasteiger partial charge in [0.2, 0.25) is 0 Å². The van der Waals surface area contributed by atoms with E-state index in [4.69, 9.17) is 9.15 Å². The number of hydrogen-bond acceptors (Lipinski definition) is 7. The Hall–Kier alpha value is -4.18. The molecular weight excluding hydrogens is 448 g/mol. The second-order valence-corrected chi connectivity index (χ2v) is 8.65. The van der Waals surface area contributed by atoms with Crippen molar-refractivity contribution < 1.29 is 27.3 Å². The summed E-state index contributed by atoms with van der Waals surface area (Å²) in [4.78, 5) is 22.8. The number of carbonyl (C=O) groups is 1. The summed E-state index contributed by atoms with van der Waals surface area (Å²) in [5.74, 6) is -0.295. The molecule has 9 nitrogen and oxygen atoms in total. The average molecular weight is 466 g/mol. The van der Waals surface area contributed by atoms with Gasteiger partial charge in [0, 0.05) is 28.8 Å². The number of ether oxygens (including phenoxy) is 1. The van der Waals surface area contributed by atoms with E-state index >= 15 is 0 Å². The normalized spacial score (nSPS) is 11.3. The van der Waals surface area contributed by atoms with Crippen molar-refractivity contribution in [3.8, 4) is 11.3 Å². The summed E-state index contributed by atoms with van der Waals surface area (Å²) in [6.07, 6.45) is 0. The maximum Gasteiger partial charge on any atom is 0.342 e. The van der Waals surface area contributed by atoms with Crippen molar-refractivity contribution in [3.05, 3.63) is 88.5 Å². The van der Waals surface area contributed by atoms with Crippen LogP contribution in [0.2, 0.25) is 0 Å². The molecule has 1 heterocycles. The lowest BCUT2D eigenvalue weighted by Gasteiger charge is -2.08. The van der Waals surface area contributed by atoms with E-state index in [2.05, 4.69) is 4.72 Å². The van der Waals surface area contributed by atoms with Gasteiger partial charge in [-0.15, -0.1) is 0 Å². The second-order valence-electron chi connectivity index (χ2n) is 6.96. The molecule has 0 saturated carbocycles. The van der Waals surface area contributed by atoms with Crippen LogP contribution in [0.5, 0.6) is 0 Å². The van der Waals surface area contributed by atoms with Crippen molar-refractivity contribution in [3.63, 3.8) is 0 Å². The molecular formula is C23H18N2O7S. The molecule has 0 bridgehead atoms. The van der Waals surface area contributed by atoms with Gasteiger partial charge in [0.15, 0.2) is 0 Å². The largest absolute Gasteiger partial charge is 0.462 e. The minimum Gasteiger partial charge on any atom is -0.462 e. The van der Waals surface area contributed by atoms with E-state index in [-0.39, 0.29) is 28.4 Å². The van der Waals surface area contributed by atoms with Gasteiger partial charge < -0.3 is 9.15 Å². The minimum absolute atomic E-state index is 0.152. The van der Waals surface area contributed by atoms with E-state index < -0.39 is 20.9 Å². The number of rotatable bonds is 7. The van der Waals surface area contributed by atoms with Crippen LogP contribution in [0.3, 0.4) is 0 Å². The summed E-state index contributed by atoms with van der Waals surface area (Å²) in [6, 6.07) is 18.2. The molecule has 0 saturated heterocycles. The van der Waals surface area contributed by atoms with Crippen molar-refractivity contribution in [1.82, 2.24) is 0 Å². The van der Waals surface area contributed by atoms with Gasteiger partial charge in [-0.2, -0.15) is 0 Å². The number of furan rings is 1. The summed E-state index contributed by atoms with van der Waals surface area (Å²) < 4.78 is 39.1. The van der Waals surface area contributed by atoms with Crippen LogP contribution in [-0.4, -0.2) is 25.9 Å². The lowest BCUT2D eigenvalue weighted by Crippen LogP contribution is -2.13. The Balaban J connectivity index is 1.79. The predicted molar refractivity (Wildman–Crippen MR) is 122 cm³/mol. The molecule has 0 aliphatic heterocycles. The number of anilines is 1. The fraction of sp³-hybridized carbons (Fsp3) is 0.0870.